The summed E-state index contributed by atoms with van der Waals surface area (Å²) in [5.74, 6) is 1.77. The lowest BCUT2D eigenvalue weighted by Crippen LogP contribution is -2.18. The van der Waals surface area contributed by atoms with Crippen LogP contribution >= 0.6 is 0 Å². The molecule has 1 unspecified atom stereocenters. The molecule has 0 saturated heterocycles. The molecule has 1 atom stereocenters. The maximum Gasteiger partial charge on any atom is 0.164 e. The fourth-order valence-electron chi connectivity index (χ4n) is 2.56. The van der Waals surface area contributed by atoms with E-state index in [2.05, 4.69) is 36.1 Å². The quantitative estimate of drug-likeness (QED) is 0.886. The SMILES string of the molecule is CCn1ncnc1COc1c(C)cc(CC(C)N)cc1C. The largest absolute Gasteiger partial charge is 0.485 e. The highest BCUT2D eigenvalue weighted by molar-refractivity contribution is 5.43. The van der Waals surface area contributed by atoms with E-state index in [1.54, 1.807) is 6.33 Å². The Morgan fingerprint density at radius 2 is 1.95 bits per heavy atom. The van der Waals surface area contributed by atoms with E-state index in [1.165, 1.54) is 5.56 Å². The molecule has 21 heavy (non-hydrogen) atoms. The molecular formula is C16H24N4O. The van der Waals surface area contributed by atoms with Crippen LogP contribution in [0.25, 0.3) is 0 Å². The third-order valence-corrected chi connectivity index (χ3v) is 3.42. The number of benzene rings is 1. The molecule has 0 fully saturated rings. The van der Waals surface area contributed by atoms with Gasteiger partial charge in [-0.25, -0.2) is 9.67 Å². The first-order chi connectivity index (χ1) is 10.0. The Kier molecular flexibility index (Phi) is 4.96. The minimum Gasteiger partial charge on any atom is -0.485 e. The first-order valence-corrected chi connectivity index (χ1v) is 7.36. The highest BCUT2D eigenvalue weighted by Gasteiger charge is 2.10. The van der Waals surface area contributed by atoms with Crippen molar-refractivity contribution in [3.8, 4) is 5.75 Å². The van der Waals surface area contributed by atoms with Crippen molar-refractivity contribution in [1.82, 2.24) is 14.8 Å². The van der Waals surface area contributed by atoms with Crippen LogP contribution in [0.5, 0.6) is 5.75 Å². The van der Waals surface area contributed by atoms with Crippen molar-refractivity contribution in [3.63, 3.8) is 0 Å². The zero-order valence-electron chi connectivity index (χ0n) is 13.3. The summed E-state index contributed by atoms with van der Waals surface area (Å²) in [7, 11) is 0. The van der Waals surface area contributed by atoms with Gasteiger partial charge in [0.15, 0.2) is 5.82 Å². The first-order valence-electron chi connectivity index (χ1n) is 7.36. The van der Waals surface area contributed by atoms with Gasteiger partial charge in [0.1, 0.15) is 18.7 Å². The Morgan fingerprint density at radius 3 is 2.52 bits per heavy atom. The van der Waals surface area contributed by atoms with Crippen molar-refractivity contribution < 1.29 is 4.74 Å². The highest BCUT2D eigenvalue weighted by Crippen LogP contribution is 2.26. The Hall–Kier alpha value is -1.88. The summed E-state index contributed by atoms with van der Waals surface area (Å²) in [4.78, 5) is 4.23. The molecule has 1 aromatic heterocycles. The van der Waals surface area contributed by atoms with E-state index in [9.17, 15) is 0 Å². The second-order valence-corrected chi connectivity index (χ2v) is 5.52. The van der Waals surface area contributed by atoms with Crippen LogP contribution in [-0.2, 0) is 19.6 Å². The summed E-state index contributed by atoms with van der Waals surface area (Å²) in [5, 5.41) is 4.15. The molecule has 5 heteroatoms. The van der Waals surface area contributed by atoms with Crippen LogP contribution in [0, 0.1) is 13.8 Å². The third kappa shape index (κ3) is 3.82. The second-order valence-electron chi connectivity index (χ2n) is 5.52. The Balaban J connectivity index is 2.13. The van der Waals surface area contributed by atoms with Gasteiger partial charge in [0.05, 0.1) is 0 Å². The maximum absolute atomic E-state index is 5.96. The third-order valence-electron chi connectivity index (χ3n) is 3.42. The molecule has 5 nitrogen and oxygen atoms in total. The van der Waals surface area contributed by atoms with Gasteiger partial charge in [0, 0.05) is 12.6 Å². The standard InChI is InChI=1S/C16H24N4O/c1-5-20-15(18-10-19-20)9-21-16-11(2)6-14(7-12(16)3)8-13(4)17/h6-7,10,13H,5,8-9,17H2,1-4H3. The molecule has 2 rings (SSSR count). The van der Waals surface area contributed by atoms with Gasteiger partial charge in [0.25, 0.3) is 0 Å². The summed E-state index contributed by atoms with van der Waals surface area (Å²) >= 11 is 0. The minimum atomic E-state index is 0.165. The van der Waals surface area contributed by atoms with Gasteiger partial charge >= 0.3 is 0 Å². The van der Waals surface area contributed by atoms with Crippen LogP contribution in [0.15, 0.2) is 18.5 Å². The topological polar surface area (TPSA) is 66.0 Å². The van der Waals surface area contributed by atoms with Crippen molar-refractivity contribution in [3.05, 3.63) is 41.0 Å². The number of nitrogens with two attached hydrogens (primary N) is 1. The van der Waals surface area contributed by atoms with Crippen LogP contribution < -0.4 is 10.5 Å². The van der Waals surface area contributed by atoms with E-state index in [4.69, 9.17) is 10.5 Å². The Labute approximate surface area is 126 Å². The van der Waals surface area contributed by atoms with E-state index >= 15 is 0 Å². The molecule has 0 aliphatic rings. The number of aryl methyl sites for hydroxylation is 3. The average Bonchev–Trinajstić information content (AvgIpc) is 2.84. The van der Waals surface area contributed by atoms with Crippen molar-refractivity contribution in [2.75, 3.05) is 0 Å². The van der Waals surface area contributed by atoms with Crippen LogP contribution in [-0.4, -0.2) is 20.8 Å². The average molecular weight is 288 g/mol. The van der Waals surface area contributed by atoms with Crippen LogP contribution in [0.1, 0.15) is 36.4 Å². The molecule has 1 aromatic carbocycles. The van der Waals surface area contributed by atoms with Crippen molar-refractivity contribution in [2.45, 2.75) is 53.3 Å². The van der Waals surface area contributed by atoms with Gasteiger partial charge in [-0.1, -0.05) is 12.1 Å². The lowest BCUT2D eigenvalue weighted by Gasteiger charge is -2.15. The lowest BCUT2D eigenvalue weighted by molar-refractivity contribution is 0.283. The number of ether oxygens (including phenoxy) is 1. The Bertz CT molecular complexity index is 581. The minimum absolute atomic E-state index is 0.165. The normalized spacial score (nSPS) is 12.4. The van der Waals surface area contributed by atoms with Crippen LogP contribution in [0.4, 0.5) is 0 Å². The van der Waals surface area contributed by atoms with Gasteiger partial charge in [-0.3, -0.25) is 0 Å². The summed E-state index contributed by atoms with van der Waals surface area (Å²) in [6.45, 7) is 9.42. The molecule has 114 valence electrons. The number of hydrogen-bond donors (Lipinski definition) is 1. The molecule has 0 amide bonds. The maximum atomic E-state index is 5.96. The molecule has 2 N–H and O–H groups in total. The Morgan fingerprint density at radius 1 is 1.29 bits per heavy atom. The molecule has 0 aliphatic heterocycles. The van der Waals surface area contributed by atoms with Crippen molar-refractivity contribution >= 4 is 0 Å². The van der Waals surface area contributed by atoms with Gasteiger partial charge in [-0.05, 0) is 50.8 Å². The molecule has 0 aliphatic carbocycles. The summed E-state index contributed by atoms with van der Waals surface area (Å²) < 4.78 is 7.80. The van der Waals surface area contributed by atoms with E-state index in [0.29, 0.717) is 6.61 Å². The molecule has 0 bridgehead atoms. The predicted octanol–water partition coefficient (Wildman–Crippen LogP) is 2.38. The zero-order valence-corrected chi connectivity index (χ0v) is 13.3. The number of hydrogen-bond acceptors (Lipinski definition) is 4. The van der Waals surface area contributed by atoms with E-state index in [1.807, 2.05) is 18.5 Å². The van der Waals surface area contributed by atoms with E-state index in [-0.39, 0.29) is 6.04 Å². The van der Waals surface area contributed by atoms with Gasteiger partial charge < -0.3 is 10.5 Å². The lowest BCUT2D eigenvalue weighted by atomic mass is 10.0. The van der Waals surface area contributed by atoms with Crippen LogP contribution in [0.3, 0.4) is 0 Å². The fraction of sp³-hybridized carbons (Fsp3) is 0.500. The van der Waals surface area contributed by atoms with Crippen LogP contribution in [0.2, 0.25) is 0 Å². The molecule has 0 spiro atoms. The van der Waals surface area contributed by atoms with Crippen molar-refractivity contribution in [1.29, 1.82) is 0 Å². The van der Waals surface area contributed by atoms with Gasteiger partial charge in [-0.2, -0.15) is 5.10 Å². The number of aromatic nitrogens is 3. The van der Waals surface area contributed by atoms with Crippen molar-refractivity contribution in [2.24, 2.45) is 5.73 Å². The fourth-order valence-corrected chi connectivity index (χ4v) is 2.56. The first kappa shape index (κ1) is 15.5. The van der Waals surface area contributed by atoms with E-state index < -0.39 is 0 Å². The molecule has 1 heterocycles. The molecule has 2 aromatic rings. The number of rotatable bonds is 6. The highest BCUT2D eigenvalue weighted by atomic mass is 16.5. The van der Waals surface area contributed by atoms with Gasteiger partial charge in [0.2, 0.25) is 0 Å². The number of nitrogens with zero attached hydrogens (tertiary/aromatic N) is 3. The zero-order chi connectivity index (χ0) is 15.4. The summed E-state index contributed by atoms with van der Waals surface area (Å²) in [5.41, 5.74) is 9.39. The second kappa shape index (κ2) is 6.72. The monoisotopic (exact) mass is 288 g/mol. The summed E-state index contributed by atoms with van der Waals surface area (Å²) in [6.07, 6.45) is 2.44. The van der Waals surface area contributed by atoms with E-state index in [0.717, 1.165) is 35.7 Å². The smallest absolute Gasteiger partial charge is 0.164 e. The molecular weight excluding hydrogens is 264 g/mol. The molecule has 0 radical (unpaired) electrons. The predicted molar refractivity (Wildman–Crippen MR) is 83.3 cm³/mol. The van der Waals surface area contributed by atoms with Gasteiger partial charge in [-0.15, -0.1) is 0 Å². The molecule has 0 saturated carbocycles. The summed E-state index contributed by atoms with van der Waals surface area (Å²) in [6, 6.07) is 4.46.